The van der Waals surface area contributed by atoms with E-state index in [1.807, 2.05) is 12.3 Å². The Labute approximate surface area is 82.8 Å². The quantitative estimate of drug-likeness (QED) is 0.736. The molecule has 70 valence electrons. The van der Waals surface area contributed by atoms with Gasteiger partial charge in [0.1, 0.15) is 0 Å². The van der Waals surface area contributed by atoms with Gasteiger partial charge in [0.25, 0.3) is 0 Å². The van der Waals surface area contributed by atoms with Crippen molar-refractivity contribution in [3.05, 3.63) is 42.1 Å². The Bertz CT molecular complexity index is 478. The minimum Gasteiger partial charge on any atom is -0.327 e. The molecule has 3 rings (SSSR count). The molecular formula is C12H12N2. The van der Waals surface area contributed by atoms with Gasteiger partial charge >= 0.3 is 0 Å². The molecule has 1 saturated carbocycles. The van der Waals surface area contributed by atoms with Gasteiger partial charge in [0.05, 0.1) is 5.52 Å². The molecule has 14 heavy (non-hydrogen) atoms. The van der Waals surface area contributed by atoms with E-state index in [2.05, 4.69) is 29.2 Å². The van der Waals surface area contributed by atoms with Crippen LogP contribution in [0, 0.1) is 0 Å². The summed E-state index contributed by atoms with van der Waals surface area (Å²) in [7, 11) is 0. The molecule has 2 unspecified atom stereocenters. The van der Waals surface area contributed by atoms with E-state index in [4.69, 9.17) is 5.73 Å². The van der Waals surface area contributed by atoms with Crippen LogP contribution in [0.1, 0.15) is 17.9 Å². The number of hydrogen-bond acceptors (Lipinski definition) is 2. The second-order valence-corrected chi connectivity index (χ2v) is 3.96. The summed E-state index contributed by atoms with van der Waals surface area (Å²) >= 11 is 0. The average Bonchev–Trinajstić information content (AvgIpc) is 2.95. The third kappa shape index (κ3) is 1.19. The summed E-state index contributed by atoms with van der Waals surface area (Å²) in [4.78, 5) is 4.29. The summed E-state index contributed by atoms with van der Waals surface area (Å²) in [6.45, 7) is 0. The van der Waals surface area contributed by atoms with Gasteiger partial charge in [-0.1, -0.05) is 12.1 Å². The predicted octanol–water partition coefficient (Wildman–Crippen LogP) is 2.05. The van der Waals surface area contributed by atoms with Gasteiger partial charge in [0.15, 0.2) is 0 Å². The lowest BCUT2D eigenvalue weighted by molar-refractivity contribution is 0.992. The zero-order valence-corrected chi connectivity index (χ0v) is 7.85. The van der Waals surface area contributed by atoms with Crippen LogP contribution in [-0.2, 0) is 0 Å². The van der Waals surface area contributed by atoms with Crippen LogP contribution in [0.4, 0.5) is 0 Å². The van der Waals surface area contributed by atoms with Crippen LogP contribution in [0.5, 0.6) is 0 Å². The molecule has 2 N–H and O–H groups in total. The van der Waals surface area contributed by atoms with Crippen molar-refractivity contribution in [1.82, 2.24) is 4.98 Å². The Hall–Kier alpha value is -1.41. The van der Waals surface area contributed by atoms with Gasteiger partial charge in [-0.25, -0.2) is 0 Å². The van der Waals surface area contributed by atoms with Gasteiger partial charge in [-0.3, -0.25) is 4.98 Å². The zero-order chi connectivity index (χ0) is 9.54. The monoisotopic (exact) mass is 184 g/mol. The van der Waals surface area contributed by atoms with Crippen LogP contribution < -0.4 is 5.73 Å². The first-order chi connectivity index (χ1) is 6.84. The van der Waals surface area contributed by atoms with Crippen LogP contribution in [0.3, 0.4) is 0 Å². The molecular weight excluding hydrogens is 172 g/mol. The van der Waals surface area contributed by atoms with Gasteiger partial charge in [-0.2, -0.15) is 0 Å². The highest BCUT2D eigenvalue weighted by atomic mass is 14.7. The van der Waals surface area contributed by atoms with E-state index in [1.165, 1.54) is 10.9 Å². The molecule has 0 radical (unpaired) electrons. The highest BCUT2D eigenvalue weighted by Crippen LogP contribution is 2.39. The first-order valence-electron chi connectivity index (χ1n) is 4.95. The average molecular weight is 184 g/mol. The van der Waals surface area contributed by atoms with Crippen LogP contribution in [0.2, 0.25) is 0 Å². The fraction of sp³-hybridized carbons (Fsp3) is 0.250. The normalized spacial score (nSPS) is 25.2. The molecule has 0 amide bonds. The number of aromatic nitrogens is 1. The smallest absolute Gasteiger partial charge is 0.0702 e. The molecule has 2 atom stereocenters. The topological polar surface area (TPSA) is 38.9 Å². The van der Waals surface area contributed by atoms with Crippen molar-refractivity contribution in [3.8, 4) is 0 Å². The van der Waals surface area contributed by atoms with Crippen molar-refractivity contribution < 1.29 is 0 Å². The van der Waals surface area contributed by atoms with Crippen LogP contribution >= 0.6 is 0 Å². The maximum absolute atomic E-state index is 5.83. The summed E-state index contributed by atoms with van der Waals surface area (Å²) < 4.78 is 0. The van der Waals surface area contributed by atoms with E-state index in [0.717, 1.165) is 11.9 Å². The molecule has 0 bridgehead atoms. The molecule has 0 saturated heterocycles. The Kier molecular flexibility index (Phi) is 1.58. The van der Waals surface area contributed by atoms with Crippen LogP contribution in [0.15, 0.2) is 36.5 Å². The Morgan fingerprint density at radius 3 is 2.93 bits per heavy atom. The predicted molar refractivity (Wildman–Crippen MR) is 57.1 cm³/mol. The van der Waals surface area contributed by atoms with Gasteiger partial charge in [-0.05, 0) is 30.2 Å². The number of fused-ring (bicyclic) bond motifs is 1. The maximum atomic E-state index is 5.83. The fourth-order valence-electron chi connectivity index (χ4n) is 1.92. The summed E-state index contributed by atoms with van der Waals surface area (Å²) in [5.41, 5.74) is 8.25. The molecule has 2 aromatic rings. The molecule has 2 heteroatoms. The van der Waals surface area contributed by atoms with Crippen molar-refractivity contribution in [1.29, 1.82) is 0 Å². The van der Waals surface area contributed by atoms with E-state index in [1.54, 1.807) is 0 Å². The SMILES string of the molecule is NC1CC1c1ccc2ncccc2c1. The van der Waals surface area contributed by atoms with E-state index < -0.39 is 0 Å². The molecule has 1 aliphatic rings. The fourth-order valence-corrected chi connectivity index (χ4v) is 1.92. The summed E-state index contributed by atoms with van der Waals surface area (Å²) in [6, 6.07) is 10.9. The Morgan fingerprint density at radius 2 is 2.14 bits per heavy atom. The van der Waals surface area contributed by atoms with Gasteiger partial charge in [-0.15, -0.1) is 0 Å². The summed E-state index contributed by atoms with van der Waals surface area (Å²) in [5.74, 6) is 0.583. The van der Waals surface area contributed by atoms with Crippen LogP contribution in [0.25, 0.3) is 10.9 Å². The van der Waals surface area contributed by atoms with Crippen LogP contribution in [-0.4, -0.2) is 11.0 Å². The Morgan fingerprint density at radius 1 is 1.29 bits per heavy atom. The molecule has 1 aliphatic carbocycles. The third-order valence-electron chi connectivity index (χ3n) is 2.90. The van der Waals surface area contributed by atoms with Crippen molar-refractivity contribution in [2.24, 2.45) is 5.73 Å². The lowest BCUT2D eigenvalue weighted by Crippen LogP contribution is -2.00. The molecule has 2 nitrogen and oxygen atoms in total. The summed E-state index contributed by atoms with van der Waals surface area (Å²) in [5, 5.41) is 1.21. The standard InChI is InChI=1S/C12H12N2/c13-11-7-10(11)8-3-4-12-9(6-8)2-1-5-14-12/h1-6,10-11H,7,13H2. The lowest BCUT2D eigenvalue weighted by atomic mass is 10.1. The second kappa shape index (κ2) is 2.79. The largest absolute Gasteiger partial charge is 0.327 e. The van der Waals surface area contributed by atoms with E-state index in [0.29, 0.717) is 12.0 Å². The number of nitrogens with zero attached hydrogens (tertiary/aromatic N) is 1. The van der Waals surface area contributed by atoms with Crippen molar-refractivity contribution in [2.75, 3.05) is 0 Å². The molecule has 0 aliphatic heterocycles. The van der Waals surface area contributed by atoms with Gasteiger partial charge < -0.3 is 5.73 Å². The Balaban J connectivity index is 2.11. The van der Waals surface area contributed by atoms with Crippen molar-refractivity contribution in [2.45, 2.75) is 18.4 Å². The van der Waals surface area contributed by atoms with Gasteiger partial charge in [0, 0.05) is 23.5 Å². The van der Waals surface area contributed by atoms with Gasteiger partial charge in [0.2, 0.25) is 0 Å². The molecule has 1 aromatic heterocycles. The molecule has 1 heterocycles. The molecule has 1 aromatic carbocycles. The second-order valence-electron chi connectivity index (χ2n) is 3.96. The molecule has 1 fully saturated rings. The van der Waals surface area contributed by atoms with Crippen molar-refractivity contribution >= 4 is 10.9 Å². The number of pyridine rings is 1. The van der Waals surface area contributed by atoms with E-state index in [-0.39, 0.29) is 0 Å². The minimum absolute atomic E-state index is 0.379. The lowest BCUT2D eigenvalue weighted by Gasteiger charge is -2.01. The van der Waals surface area contributed by atoms with Crippen molar-refractivity contribution in [3.63, 3.8) is 0 Å². The molecule has 0 spiro atoms. The minimum atomic E-state index is 0.379. The highest BCUT2D eigenvalue weighted by molar-refractivity contribution is 5.79. The maximum Gasteiger partial charge on any atom is 0.0702 e. The number of hydrogen-bond donors (Lipinski definition) is 1. The number of nitrogens with two attached hydrogens (primary N) is 1. The zero-order valence-electron chi connectivity index (χ0n) is 7.85. The number of benzene rings is 1. The van der Waals surface area contributed by atoms with E-state index >= 15 is 0 Å². The summed E-state index contributed by atoms with van der Waals surface area (Å²) in [6.07, 6.45) is 2.95. The third-order valence-corrected chi connectivity index (χ3v) is 2.90. The number of rotatable bonds is 1. The van der Waals surface area contributed by atoms with E-state index in [9.17, 15) is 0 Å². The highest BCUT2D eigenvalue weighted by Gasteiger charge is 2.34. The first kappa shape index (κ1) is 7.94. The first-order valence-corrected chi connectivity index (χ1v) is 4.95.